The molecule has 0 saturated carbocycles. The van der Waals surface area contributed by atoms with Gasteiger partial charge in [0.15, 0.2) is 0 Å². The van der Waals surface area contributed by atoms with Crippen LogP contribution in [-0.4, -0.2) is 24.5 Å². The number of nitrogens with zero attached hydrogens (tertiary/aromatic N) is 1. The Morgan fingerprint density at radius 3 is 2.80 bits per heavy atom. The zero-order valence-electron chi connectivity index (χ0n) is 8.55. The lowest BCUT2D eigenvalue weighted by Gasteiger charge is -2.16. The van der Waals surface area contributed by atoms with E-state index >= 15 is 0 Å². The summed E-state index contributed by atoms with van der Waals surface area (Å²) in [7, 11) is 1.76. The summed E-state index contributed by atoms with van der Waals surface area (Å²) in [6, 6.07) is 5.70. The van der Waals surface area contributed by atoms with Crippen molar-refractivity contribution < 1.29 is 4.79 Å². The molecule has 82 valence electrons. The minimum Gasteiger partial charge on any atom is -0.328 e. The first-order chi connectivity index (χ1) is 7.04. The molecule has 1 aromatic rings. The Labute approximate surface area is 111 Å². The highest BCUT2D eigenvalue weighted by atomic mass is 127. The first kappa shape index (κ1) is 12.8. The molecule has 5 heteroatoms. The van der Waals surface area contributed by atoms with Gasteiger partial charge in [-0.25, -0.2) is 4.79 Å². The van der Waals surface area contributed by atoms with Gasteiger partial charge in [-0.3, -0.25) is 0 Å². The fourth-order valence-corrected chi connectivity index (χ4v) is 2.34. The SMILES string of the molecule is CCN(C)C(=O)Nc1ccc(I)cc1Br. The van der Waals surface area contributed by atoms with E-state index in [9.17, 15) is 4.79 Å². The molecule has 0 heterocycles. The van der Waals surface area contributed by atoms with Crippen LogP contribution < -0.4 is 5.32 Å². The van der Waals surface area contributed by atoms with Crippen molar-refractivity contribution in [2.45, 2.75) is 6.92 Å². The van der Waals surface area contributed by atoms with Crippen molar-refractivity contribution in [1.82, 2.24) is 4.90 Å². The Bertz CT molecular complexity index is 370. The molecule has 0 aliphatic carbocycles. The second-order valence-electron chi connectivity index (χ2n) is 3.07. The van der Waals surface area contributed by atoms with E-state index in [0.29, 0.717) is 6.54 Å². The van der Waals surface area contributed by atoms with Crippen molar-refractivity contribution >= 4 is 50.2 Å². The summed E-state index contributed by atoms with van der Waals surface area (Å²) in [6.45, 7) is 2.62. The normalized spacial score (nSPS) is 9.87. The highest BCUT2D eigenvalue weighted by Crippen LogP contribution is 2.24. The van der Waals surface area contributed by atoms with Gasteiger partial charge in [0.05, 0.1) is 5.69 Å². The summed E-state index contributed by atoms with van der Waals surface area (Å²) in [5, 5.41) is 2.82. The minimum absolute atomic E-state index is 0.0978. The van der Waals surface area contributed by atoms with Gasteiger partial charge < -0.3 is 10.2 Å². The Morgan fingerprint density at radius 1 is 1.60 bits per heavy atom. The van der Waals surface area contributed by atoms with Crippen molar-refractivity contribution in [2.75, 3.05) is 18.9 Å². The average Bonchev–Trinajstić information content (AvgIpc) is 2.20. The summed E-state index contributed by atoms with van der Waals surface area (Å²) in [5.41, 5.74) is 0.792. The van der Waals surface area contributed by atoms with Crippen molar-refractivity contribution in [2.24, 2.45) is 0 Å². The topological polar surface area (TPSA) is 32.3 Å². The van der Waals surface area contributed by atoms with E-state index in [1.807, 2.05) is 25.1 Å². The van der Waals surface area contributed by atoms with Crippen molar-refractivity contribution in [3.05, 3.63) is 26.2 Å². The molecule has 0 atom stereocenters. The second-order valence-corrected chi connectivity index (χ2v) is 5.17. The predicted molar refractivity (Wildman–Crippen MR) is 74.2 cm³/mol. The summed E-state index contributed by atoms with van der Waals surface area (Å²) < 4.78 is 2.02. The maximum absolute atomic E-state index is 11.6. The molecule has 1 rings (SSSR count). The van der Waals surface area contributed by atoms with Gasteiger partial charge in [0, 0.05) is 21.6 Å². The van der Waals surface area contributed by atoms with Crippen LogP contribution in [-0.2, 0) is 0 Å². The van der Waals surface area contributed by atoms with E-state index in [4.69, 9.17) is 0 Å². The van der Waals surface area contributed by atoms with E-state index in [2.05, 4.69) is 43.8 Å². The van der Waals surface area contributed by atoms with Gasteiger partial charge in [-0.1, -0.05) is 0 Å². The maximum atomic E-state index is 11.6. The number of halogens is 2. The zero-order chi connectivity index (χ0) is 11.4. The van der Waals surface area contributed by atoms with Crippen LogP contribution in [0.4, 0.5) is 10.5 Å². The number of rotatable bonds is 2. The Balaban J connectivity index is 2.77. The molecular weight excluding hydrogens is 371 g/mol. The van der Waals surface area contributed by atoms with E-state index < -0.39 is 0 Å². The Morgan fingerprint density at radius 2 is 2.27 bits per heavy atom. The first-order valence-corrected chi connectivity index (χ1v) is 6.39. The van der Waals surface area contributed by atoms with Crippen molar-refractivity contribution in [3.8, 4) is 0 Å². The van der Waals surface area contributed by atoms with E-state index in [-0.39, 0.29) is 6.03 Å². The van der Waals surface area contributed by atoms with E-state index in [0.717, 1.165) is 13.7 Å². The molecule has 0 bridgehead atoms. The number of anilines is 1. The molecular formula is C10H12BrIN2O. The van der Waals surface area contributed by atoms with E-state index in [1.54, 1.807) is 11.9 Å². The lowest BCUT2D eigenvalue weighted by Crippen LogP contribution is -2.31. The van der Waals surface area contributed by atoms with Gasteiger partial charge in [-0.05, 0) is 63.6 Å². The number of urea groups is 1. The lowest BCUT2D eigenvalue weighted by molar-refractivity contribution is 0.224. The van der Waals surface area contributed by atoms with Crippen LogP contribution in [0, 0.1) is 3.57 Å². The largest absolute Gasteiger partial charge is 0.328 e. The molecule has 0 aromatic heterocycles. The van der Waals surface area contributed by atoms with Gasteiger partial charge >= 0.3 is 6.03 Å². The summed E-state index contributed by atoms with van der Waals surface area (Å²) in [5.74, 6) is 0. The van der Waals surface area contributed by atoms with Crippen LogP contribution in [0.25, 0.3) is 0 Å². The molecule has 0 aliphatic heterocycles. The van der Waals surface area contributed by atoms with Crippen LogP contribution >= 0.6 is 38.5 Å². The number of carbonyl (C=O) groups is 1. The second kappa shape index (κ2) is 5.69. The number of carbonyl (C=O) groups excluding carboxylic acids is 1. The highest BCUT2D eigenvalue weighted by molar-refractivity contribution is 14.1. The molecule has 1 aromatic carbocycles. The molecule has 0 spiro atoms. The summed E-state index contributed by atoms with van der Waals surface area (Å²) >= 11 is 5.63. The zero-order valence-corrected chi connectivity index (χ0v) is 12.3. The average molecular weight is 383 g/mol. The summed E-state index contributed by atoms with van der Waals surface area (Å²) in [4.78, 5) is 13.2. The molecule has 0 unspecified atom stereocenters. The Kier molecular flexibility index (Phi) is 4.85. The van der Waals surface area contributed by atoms with E-state index in [1.165, 1.54) is 0 Å². The fourth-order valence-electron chi connectivity index (χ4n) is 0.945. The fraction of sp³-hybridized carbons (Fsp3) is 0.300. The maximum Gasteiger partial charge on any atom is 0.321 e. The van der Waals surface area contributed by atoms with Crippen molar-refractivity contribution in [3.63, 3.8) is 0 Å². The molecule has 15 heavy (non-hydrogen) atoms. The van der Waals surface area contributed by atoms with Crippen molar-refractivity contribution in [1.29, 1.82) is 0 Å². The van der Waals surface area contributed by atoms with Crippen LogP contribution in [0.3, 0.4) is 0 Å². The standard InChI is InChI=1S/C10H12BrIN2O/c1-3-14(2)10(15)13-9-5-4-7(12)6-8(9)11/h4-6H,3H2,1-2H3,(H,13,15). The molecule has 0 aliphatic rings. The van der Waals surface area contributed by atoms with Crippen LogP contribution in [0.15, 0.2) is 22.7 Å². The van der Waals surface area contributed by atoms with Gasteiger partial charge in [0.1, 0.15) is 0 Å². The summed E-state index contributed by atoms with van der Waals surface area (Å²) in [6.07, 6.45) is 0. The van der Waals surface area contributed by atoms with Gasteiger partial charge in [0.25, 0.3) is 0 Å². The first-order valence-electron chi connectivity index (χ1n) is 4.51. The number of nitrogens with one attached hydrogen (secondary N) is 1. The number of amides is 2. The molecule has 3 nitrogen and oxygen atoms in total. The molecule has 1 N–H and O–H groups in total. The third-order valence-corrected chi connectivity index (χ3v) is 3.32. The molecule has 0 radical (unpaired) electrons. The smallest absolute Gasteiger partial charge is 0.321 e. The van der Waals surface area contributed by atoms with Gasteiger partial charge in [0.2, 0.25) is 0 Å². The lowest BCUT2D eigenvalue weighted by atomic mass is 10.3. The quantitative estimate of drug-likeness (QED) is 0.779. The monoisotopic (exact) mass is 382 g/mol. The molecule has 2 amide bonds. The number of hydrogen-bond donors (Lipinski definition) is 1. The third-order valence-electron chi connectivity index (χ3n) is 1.99. The van der Waals surface area contributed by atoms with Gasteiger partial charge in [-0.2, -0.15) is 0 Å². The van der Waals surface area contributed by atoms with Crippen LogP contribution in [0.2, 0.25) is 0 Å². The predicted octanol–water partition coefficient (Wildman–Crippen LogP) is 3.54. The highest BCUT2D eigenvalue weighted by Gasteiger charge is 2.08. The van der Waals surface area contributed by atoms with Crippen LogP contribution in [0.5, 0.6) is 0 Å². The minimum atomic E-state index is -0.0978. The number of hydrogen-bond acceptors (Lipinski definition) is 1. The van der Waals surface area contributed by atoms with Gasteiger partial charge in [-0.15, -0.1) is 0 Å². The third kappa shape index (κ3) is 3.64. The van der Waals surface area contributed by atoms with Crippen LogP contribution in [0.1, 0.15) is 6.92 Å². The molecule has 0 fully saturated rings. The number of benzene rings is 1. The molecule has 0 saturated heterocycles. The Hall–Kier alpha value is -0.300.